The molecule has 4 heteroatoms. The summed E-state index contributed by atoms with van der Waals surface area (Å²) in [7, 11) is 0. The number of rotatable bonds is 5. The fourth-order valence-corrected chi connectivity index (χ4v) is 3.62. The third kappa shape index (κ3) is 3.31. The molecule has 3 rings (SSSR count). The molecule has 3 unspecified atom stereocenters. The normalized spacial score (nSPS) is 31.9. The van der Waals surface area contributed by atoms with Crippen LogP contribution in [0.25, 0.3) is 0 Å². The second-order valence-corrected chi connectivity index (χ2v) is 7.54. The van der Waals surface area contributed by atoms with Gasteiger partial charge in [0.2, 0.25) is 5.89 Å². The van der Waals surface area contributed by atoms with E-state index in [1.807, 2.05) is 0 Å². The first kappa shape index (κ1) is 15.0. The molecule has 0 amide bonds. The lowest BCUT2D eigenvalue weighted by molar-refractivity contribution is 0.302. The third-order valence-electron chi connectivity index (χ3n) is 5.27. The summed E-state index contributed by atoms with van der Waals surface area (Å²) in [5.74, 6) is 2.72. The van der Waals surface area contributed by atoms with Crippen molar-refractivity contribution in [3.05, 3.63) is 11.7 Å². The van der Waals surface area contributed by atoms with E-state index in [9.17, 15) is 0 Å². The van der Waals surface area contributed by atoms with Gasteiger partial charge >= 0.3 is 0 Å². The van der Waals surface area contributed by atoms with Gasteiger partial charge in [-0.2, -0.15) is 4.98 Å². The van der Waals surface area contributed by atoms with Crippen LogP contribution in [0.15, 0.2) is 4.52 Å². The van der Waals surface area contributed by atoms with Gasteiger partial charge in [0.1, 0.15) is 0 Å². The van der Waals surface area contributed by atoms with E-state index in [1.54, 1.807) is 0 Å². The summed E-state index contributed by atoms with van der Waals surface area (Å²) in [6, 6.07) is 0.507. The van der Waals surface area contributed by atoms with Crippen LogP contribution in [0, 0.1) is 5.41 Å². The molecule has 0 bridgehead atoms. The Kier molecular flexibility index (Phi) is 4.34. The molecule has 0 radical (unpaired) electrons. The monoisotopic (exact) mass is 291 g/mol. The van der Waals surface area contributed by atoms with Crippen molar-refractivity contribution >= 4 is 0 Å². The molecular weight excluding hydrogens is 262 g/mol. The Morgan fingerprint density at radius 1 is 1.24 bits per heavy atom. The van der Waals surface area contributed by atoms with Gasteiger partial charge in [0.25, 0.3) is 0 Å². The van der Waals surface area contributed by atoms with Crippen LogP contribution in [0.5, 0.6) is 0 Å². The van der Waals surface area contributed by atoms with Crippen LogP contribution in [0.1, 0.15) is 89.3 Å². The van der Waals surface area contributed by atoms with Crippen LogP contribution in [0.4, 0.5) is 0 Å². The van der Waals surface area contributed by atoms with Crippen molar-refractivity contribution in [3.8, 4) is 0 Å². The molecule has 0 saturated heterocycles. The molecule has 3 atom stereocenters. The quantitative estimate of drug-likeness (QED) is 0.833. The van der Waals surface area contributed by atoms with Gasteiger partial charge in [-0.25, -0.2) is 0 Å². The van der Waals surface area contributed by atoms with Crippen molar-refractivity contribution in [1.82, 2.24) is 15.5 Å². The van der Waals surface area contributed by atoms with E-state index in [0.29, 0.717) is 23.3 Å². The molecule has 2 saturated carbocycles. The van der Waals surface area contributed by atoms with Crippen molar-refractivity contribution in [1.29, 1.82) is 0 Å². The number of nitrogens with zero attached hydrogens (tertiary/aromatic N) is 2. The summed E-state index contributed by atoms with van der Waals surface area (Å²) in [5.41, 5.74) is 0.366. The van der Waals surface area contributed by atoms with Crippen molar-refractivity contribution in [2.24, 2.45) is 5.41 Å². The Hall–Kier alpha value is -0.900. The summed E-state index contributed by atoms with van der Waals surface area (Å²) in [4.78, 5) is 4.77. The summed E-state index contributed by atoms with van der Waals surface area (Å²) in [5, 5.41) is 7.98. The van der Waals surface area contributed by atoms with Crippen LogP contribution >= 0.6 is 0 Å². The molecule has 2 aliphatic carbocycles. The average Bonchev–Trinajstić information content (AvgIpc) is 2.94. The summed E-state index contributed by atoms with van der Waals surface area (Å²) in [6.07, 6.45) is 8.70. The zero-order valence-corrected chi connectivity index (χ0v) is 13.7. The zero-order chi connectivity index (χ0) is 14.9. The number of nitrogens with one attached hydrogen (secondary N) is 1. The molecule has 21 heavy (non-hydrogen) atoms. The fraction of sp³-hybridized carbons (Fsp3) is 0.882. The highest BCUT2D eigenvalue weighted by Crippen LogP contribution is 2.57. The zero-order valence-electron chi connectivity index (χ0n) is 13.7. The molecule has 0 spiro atoms. The van der Waals surface area contributed by atoms with Gasteiger partial charge in [0, 0.05) is 12.0 Å². The first-order valence-corrected chi connectivity index (χ1v) is 8.68. The van der Waals surface area contributed by atoms with E-state index in [-0.39, 0.29) is 0 Å². The molecule has 1 aromatic heterocycles. The van der Waals surface area contributed by atoms with Crippen LogP contribution in [-0.2, 0) is 0 Å². The molecule has 118 valence electrons. The molecule has 2 aliphatic rings. The molecule has 1 N–H and O–H groups in total. The van der Waals surface area contributed by atoms with E-state index >= 15 is 0 Å². The van der Waals surface area contributed by atoms with Gasteiger partial charge in [0.15, 0.2) is 5.82 Å². The fourth-order valence-electron chi connectivity index (χ4n) is 3.62. The summed E-state index contributed by atoms with van der Waals surface area (Å²) in [6.45, 7) is 7.87. The van der Waals surface area contributed by atoms with Crippen LogP contribution in [-0.4, -0.2) is 22.7 Å². The second-order valence-electron chi connectivity index (χ2n) is 7.54. The Balaban J connectivity index is 1.73. The lowest BCUT2D eigenvalue weighted by Gasteiger charge is -2.23. The van der Waals surface area contributed by atoms with Gasteiger partial charge in [-0.05, 0) is 37.6 Å². The van der Waals surface area contributed by atoms with E-state index in [2.05, 4.69) is 31.2 Å². The standard InChI is InChI=1S/C17H29N3O/c1-4-10-18-14-9-7-5-6-8-12(14)16-19-15(20-21-16)13-11-17(13,2)3/h12-14,18H,4-11H2,1-3H3. The van der Waals surface area contributed by atoms with E-state index in [4.69, 9.17) is 9.51 Å². The molecule has 2 fully saturated rings. The number of hydrogen-bond donors (Lipinski definition) is 1. The molecular formula is C17H29N3O. The highest BCUT2D eigenvalue weighted by molar-refractivity contribution is 5.15. The number of aromatic nitrogens is 2. The van der Waals surface area contributed by atoms with Gasteiger partial charge < -0.3 is 9.84 Å². The minimum atomic E-state index is 0.366. The Morgan fingerprint density at radius 3 is 2.71 bits per heavy atom. The maximum Gasteiger partial charge on any atom is 0.231 e. The van der Waals surface area contributed by atoms with Gasteiger partial charge in [-0.1, -0.05) is 45.2 Å². The van der Waals surface area contributed by atoms with Crippen molar-refractivity contribution in [2.45, 2.75) is 83.6 Å². The van der Waals surface area contributed by atoms with Gasteiger partial charge in [-0.3, -0.25) is 0 Å². The Labute approximate surface area is 128 Å². The number of hydrogen-bond acceptors (Lipinski definition) is 4. The summed E-state index contributed by atoms with van der Waals surface area (Å²) >= 11 is 0. The summed E-state index contributed by atoms with van der Waals surface area (Å²) < 4.78 is 5.66. The maximum absolute atomic E-state index is 5.66. The molecule has 4 nitrogen and oxygen atoms in total. The van der Waals surface area contributed by atoms with Crippen molar-refractivity contribution < 1.29 is 4.52 Å². The van der Waals surface area contributed by atoms with Crippen molar-refractivity contribution in [2.75, 3.05) is 6.54 Å². The largest absolute Gasteiger partial charge is 0.339 e. The minimum Gasteiger partial charge on any atom is -0.339 e. The lowest BCUT2D eigenvalue weighted by Crippen LogP contribution is -2.35. The molecule has 0 aliphatic heterocycles. The van der Waals surface area contributed by atoms with Crippen LogP contribution < -0.4 is 5.32 Å². The van der Waals surface area contributed by atoms with E-state index in [0.717, 1.165) is 18.3 Å². The van der Waals surface area contributed by atoms with E-state index in [1.165, 1.54) is 44.9 Å². The average molecular weight is 291 g/mol. The maximum atomic E-state index is 5.66. The van der Waals surface area contributed by atoms with Gasteiger partial charge in [-0.15, -0.1) is 0 Å². The van der Waals surface area contributed by atoms with Crippen LogP contribution in [0.2, 0.25) is 0 Å². The van der Waals surface area contributed by atoms with Gasteiger partial charge in [0.05, 0.1) is 5.92 Å². The second kappa shape index (κ2) is 6.07. The first-order chi connectivity index (χ1) is 10.1. The van der Waals surface area contributed by atoms with Crippen LogP contribution in [0.3, 0.4) is 0 Å². The Morgan fingerprint density at radius 2 is 2.00 bits per heavy atom. The van der Waals surface area contributed by atoms with E-state index < -0.39 is 0 Å². The SMILES string of the molecule is CCCNC1CCCCCC1c1nc(C2CC2(C)C)no1. The minimum absolute atomic E-state index is 0.366. The predicted octanol–water partition coefficient (Wildman–Crippen LogP) is 4.00. The highest BCUT2D eigenvalue weighted by Gasteiger charge is 2.49. The molecule has 1 heterocycles. The predicted molar refractivity (Wildman–Crippen MR) is 83.3 cm³/mol. The first-order valence-electron chi connectivity index (χ1n) is 8.68. The Bertz CT molecular complexity index is 468. The topological polar surface area (TPSA) is 51.0 Å². The lowest BCUT2D eigenvalue weighted by atomic mass is 9.94. The third-order valence-corrected chi connectivity index (χ3v) is 5.27. The van der Waals surface area contributed by atoms with Crippen molar-refractivity contribution in [3.63, 3.8) is 0 Å². The molecule has 1 aromatic rings. The highest BCUT2D eigenvalue weighted by atomic mass is 16.5. The molecule has 0 aromatic carbocycles. The smallest absolute Gasteiger partial charge is 0.231 e.